The Labute approximate surface area is 152 Å². The van der Waals surface area contributed by atoms with Gasteiger partial charge in [-0.15, -0.1) is 0 Å². The van der Waals surface area contributed by atoms with Crippen molar-refractivity contribution in [1.29, 1.82) is 0 Å². The van der Waals surface area contributed by atoms with E-state index in [1.165, 1.54) is 49.9 Å². The van der Waals surface area contributed by atoms with Gasteiger partial charge in [0, 0.05) is 25.0 Å². The minimum Gasteiger partial charge on any atom is -0.352 e. The summed E-state index contributed by atoms with van der Waals surface area (Å²) in [5.41, 5.74) is 8.53. The molecular weight excluding hydrogens is 310 g/mol. The summed E-state index contributed by atoms with van der Waals surface area (Å²) in [6.07, 6.45) is 9.35. The molecule has 1 aliphatic carbocycles. The summed E-state index contributed by atoms with van der Waals surface area (Å²) in [5, 5.41) is 3.09. The average Bonchev–Trinajstić information content (AvgIpc) is 2.89. The highest BCUT2D eigenvalue weighted by atomic mass is 16.1. The van der Waals surface area contributed by atoms with Gasteiger partial charge in [-0.05, 0) is 56.3 Å². The number of carbonyl (C=O) groups is 1. The van der Waals surface area contributed by atoms with E-state index in [0.29, 0.717) is 6.54 Å². The highest BCUT2D eigenvalue weighted by Gasteiger charge is 2.24. The Hall–Kier alpha value is -1.39. The third-order valence-corrected chi connectivity index (χ3v) is 5.68. The number of nitrogens with one attached hydrogen (secondary N) is 1. The fourth-order valence-electron chi connectivity index (χ4n) is 4.11. The van der Waals surface area contributed by atoms with Gasteiger partial charge < -0.3 is 11.1 Å². The molecule has 2 fully saturated rings. The van der Waals surface area contributed by atoms with E-state index >= 15 is 0 Å². The molecule has 3 rings (SSSR count). The van der Waals surface area contributed by atoms with E-state index in [4.69, 9.17) is 5.73 Å². The van der Waals surface area contributed by atoms with Crippen molar-refractivity contribution in [2.45, 2.75) is 70.5 Å². The smallest absolute Gasteiger partial charge is 0.223 e. The number of likely N-dealkylation sites (tertiary alicyclic amines) is 1. The van der Waals surface area contributed by atoms with Gasteiger partial charge in [0.05, 0.1) is 0 Å². The first kappa shape index (κ1) is 18.4. The Morgan fingerprint density at radius 3 is 2.36 bits per heavy atom. The maximum Gasteiger partial charge on any atom is 0.223 e. The number of rotatable bonds is 5. The van der Waals surface area contributed by atoms with Crippen molar-refractivity contribution < 1.29 is 4.79 Å². The van der Waals surface area contributed by atoms with Gasteiger partial charge in [-0.2, -0.15) is 0 Å². The maximum atomic E-state index is 12.3. The van der Waals surface area contributed by atoms with Gasteiger partial charge in [-0.1, -0.05) is 43.5 Å². The van der Waals surface area contributed by atoms with Crippen LogP contribution in [0.5, 0.6) is 0 Å². The van der Waals surface area contributed by atoms with Crippen LogP contribution >= 0.6 is 0 Å². The maximum absolute atomic E-state index is 12.3. The lowest BCUT2D eigenvalue weighted by Gasteiger charge is -2.25. The zero-order chi connectivity index (χ0) is 17.5. The number of nitrogens with zero attached hydrogens (tertiary/aromatic N) is 1. The van der Waals surface area contributed by atoms with E-state index < -0.39 is 0 Å². The number of benzene rings is 1. The zero-order valence-corrected chi connectivity index (χ0v) is 15.4. The lowest BCUT2D eigenvalue weighted by atomic mass is 9.85. The van der Waals surface area contributed by atoms with Crippen LogP contribution in [0, 0.1) is 5.92 Å². The summed E-state index contributed by atoms with van der Waals surface area (Å²) in [5.74, 6) is 0.273. The molecule has 0 spiro atoms. The molecule has 2 atom stereocenters. The van der Waals surface area contributed by atoms with E-state index in [9.17, 15) is 4.79 Å². The standard InChI is InChI=1S/C21H33N3O/c22-20-7-5-6-19(14-20)21(25)23-15-17-8-10-18(11-9-17)16-24-12-3-1-2-4-13-24/h8-11,19-20H,1-7,12-16,22H2,(H,23,25). The van der Waals surface area contributed by atoms with Gasteiger partial charge in [0.25, 0.3) is 0 Å². The monoisotopic (exact) mass is 343 g/mol. The summed E-state index contributed by atoms with van der Waals surface area (Å²) in [7, 11) is 0. The zero-order valence-electron chi connectivity index (χ0n) is 15.4. The molecular formula is C21H33N3O. The summed E-state index contributed by atoms with van der Waals surface area (Å²) in [6.45, 7) is 4.11. The predicted octanol–water partition coefficient (Wildman–Crippen LogP) is 3.20. The fraction of sp³-hybridized carbons (Fsp3) is 0.667. The SMILES string of the molecule is NC1CCCC(C(=O)NCc2ccc(CN3CCCCCC3)cc2)C1. The van der Waals surface area contributed by atoms with Crippen molar-refractivity contribution in [3.05, 3.63) is 35.4 Å². The molecule has 1 aliphatic heterocycles. The van der Waals surface area contributed by atoms with Gasteiger partial charge in [0.2, 0.25) is 5.91 Å². The second kappa shape index (κ2) is 9.35. The van der Waals surface area contributed by atoms with Crippen LogP contribution in [0.1, 0.15) is 62.5 Å². The highest BCUT2D eigenvalue weighted by molar-refractivity contribution is 5.78. The molecule has 1 amide bonds. The molecule has 1 aromatic rings. The molecule has 2 unspecified atom stereocenters. The number of nitrogens with two attached hydrogens (primary N) is 1. The molecule has 1 saturated carbocycles. The number of hydrogen-bond donors (Lipinski definition) is 2. The lowest BCUT2D eigenvalue weighted by molar-refractivity contribution is -0.126. The van der Waals surface area contributed by atoms with E-state index in [0.717, 1.165) is 32.2 Å². The Balaban J connectivity index is 1.44. The van der Waals surface area contributed by atoms with Crippen LogP contribution in [-0.2, 0) is 17.9 Å². The number of amides is 1. The molecule has 0 radical (unpaired) electrons. The van der Waals surface area contributed by atoms with Gasteiger partial charge in [0.1, 0.15) is 0 Å². The minimum absolute atomic E-state index is 0.103. The molecule has 4 nitrogen and oxygen atoms in total. The Morgan fingerprint density at radius 1 is 1.00 bits per heavy atom. The molecule has 2 aliphatic rings. The summed E-state index contributed by atoms with van der Waals surface area (Å²) < 4.78 is 0. The van der Waals surface area contributed by atoms with E-state index in [2.05, 4.69) is 34.5 Å². The molecule has 1 aromatic carbocycles. The van der Waals surface area contributed by atoms with Gasteiger partial charge in [-0.25, -0.2) is 0 Å². The van der Waals surface area contributed by atoms with Gasteiger partial charge >= 0.3 is 0 Å². The normalized spacial score (nSPS) is 25.3. The molecule has 1 heterocycles. The highest BCUT2D eigenvalue weighted by Crippen LogP contribution is 2.23. The Bertz CT molecular complexity index is 535. The first-order valence-electron chi connectivity index (χ1n) is 10.0. The predicted molar refractivity (Wildman–Crippen MR) is 102 cm³/mol. The van der Waals surface area contributed by atoms with Crippen LogP contribution in [-0.4, -0.2) is 29.9 Å². The van der Waals surface area contributed by atoms with Gasteiger partial charge in [0.15, 0.2) is 0 Å². The number of carbonyl (C=O) groups excluding carboxylic acids is 1. The van der Waals surface area contributed by atoms with Crippen molar-refractivity contribution in [1.82, 2.24) is 10.2 Å². The topological polar surface area (TPSA) is 58.4 Å². The average molecular weight is 344 g/mol. The van der Waals surface area contributed by atoms with Crippen LogP contribution in [0.15, 0.2) is 24.3 Å². The van der Waals surface area contributed by atoms with Crippen molar-refractivity contribution >= 4 is 5.91 Å². The second-order valence-electron chi connectivity index (χ2n) is 7.85. The van der Waals surface area contributed by atoms with Crippen LogP contribution in [0.25, 0.3) is 0 Å². The van der Waals surface area contributed by atoms with Crippen molar-refractivity contribution in [3.63, 3.8) is 0 Å². The first-order valence-corrected chi connectivity index (χ1v) is 10.0. The quantitative estimate of drug-likeness (QED) is 0.863. The van der Waals surface area contributed by atoms with E-state index in [1.54, 1.807) is 0 Å². The minimum atomic E-state index is 0.103. The molecule has 0 bridgehead atoms. The molecule has 25 heavy (non-hydrogen) atoms. The van der Waals surface area contributed by atoms with Crippen molar-refractivity contribution in [2.24, 2.45) is 11.7 Å². The molecule has 4 heteroatoms. The van der Waals surface area contributed by atoms with Crippen LogP contribution < -0.4 is 11.1 Å². The van der Waals surface area contributed by atoms with Crippen molar-refractivity contribution in [2.75, 3.05) is 13.1 Å². The summed E-state index contributed by atoms with van der Waals surface area (Å²) in [4.78, 5) is 14.9. The van der Waals surface area contributed by atoms with Gasteiger partial charge in [-0.3, -0.25) is 9.69 Å². The van der Waals surface area contributed by atoms with Crippen LogP contribution in [0.2, 0.25) is 0 Å². The number of hydrogen-bond acceptors (Lipinski definition) is 3. The largest absolute Gasteiger partial charge is 0.352 e. The molecule has 3 N–H and O–H groups in total. The third-order valence-electron chi connectivity index (χ3n) is 5.68. The molecule has 1 saturated heterocycles. The van der Waals surface area contributed by atoms with E-state index in [1.807, 2.05) is 0 Å². The van der Waals surface area contributed by atoms with Crippen LogP contribution in [0.4, 0.5) is 0 Å². The summed E-state index contributed by atoms with van der Waals surface area (Å²) in [6, 6.07) is 8.93. The van der Waals surface area contributed by atoms with Crippen molar-refractivity contribution in [3.8, 4) is 0 Å². The lowest BCUT2D eigenvalue weighted by Crippen LogP contribution is -2.37. The Morgan fingerprint density at radius 2 is 1.68 bits per heavy atom. The van der Waals surface area contributed by atoms with E-state index in [-0.39, 0.29) is 17.9 Å². The Kier molecular flexibility index (Phi) is 6.88. The van der Waals surface area contributed by atoms with Crippen LogP contribution in [0.3, 0.4) is 0 Å². The fourth-order valence-corrected chi connectivity index (χ4v) is 4.11. The second-order valence-corrected chi connectivity index (χ2v) is 7.85. The first-order chi connectivity index (χ1) is 12.2. The molecule has 0 aromatic heterocycles. The molecule has 138 valence electrons. The summed E-state index contributed by atoms with van der Waals surface area (Å²) >= 11 is 0. The third kappa shape index (κ3) is 5.82.